The summed E-state index contributed by atoms with van der Waals surface area (Å²) in [5.74, 6) is 0.590. The molecule has 0 radical (unpaired) electrons. The molecule has 1 aromatic carbocycles. The molecule has 162 valence electrons. The van der Waals surface area contributed by atoms with Crippen molar-refractivity contribution in [1.29, 1.82) is 0 Å². The van der Waals surface area contributed by atoms with Gasteiger partial charge in [0.15, 0.2) is 18.1 Å². The standard InChI is InChI=1S/C21H32N2O6/c1-4-22-20(24)14-29-18-9-8-16(11-19(18)26-3)12-23-21(25)15(2)28-13-17-7-5-6-10-27-17/h8-9,11,15,17H,4-7,10,12-14H2,1-3H3,(H,22,24)(H,23,25). The monoisotopic (exact) mass is 408 g/mol. The Balaban J connectivity index is 1.79. The van der Waals surface area contributed by atoms with Gasteiger partial charge in [-0.3, -0.25) is 9.59 Å². The van der Waals surface area contributed by atoms with Crippen LogP contribution in [0.25, 0.3) is 0 Å². The lowest BCUT2D eigenvalue weighted by Gasteiger charge is -2.24. The lowest BCUT2D eigenvalue weighted by Crippen LogP contribution is -2.36. The van der Waals surface area contributed by atoms with E-state index >= 15 is 0 Å². The Morgan fingerprint density at radius 1 is 1.24 bits per heavy atom. The number of benzene rings is 1. The zero-order chi connectivity index (χ0) is 21.1. The second kappa shape index (κ2) is 12.3. The minimum Gasteiger partial charge on any atom is -0.493 e. The summed E-state index contributed by atoms with van der Waals surface area (Å²) in [6, 6.07) is 5.31. The third-order valence-corrected chi connectivity index (χ3v) is 4.60. The highest BCUT2D eigenvalue weighted by Crippen LogP contribution is 2.28. The SMILES string of the molecule is CCNC(=O)COc1ccc(CNC(=O)C(C)OCC2CCCCO2)cc1OC. The van der Waals surface area contributed by atoms with Crippen LogP contribution in [0.5, 0.6) is 11.5 Å². The van der Waals surface area contributed by atoms with Crippen LogP contribution in [-0.2, 0) is 25.6 Å². The van der Waals surface area contributed by atoms with E-state index in [0.29, 0.717) is 31.2 Å². The Kier molecular flexibility index (Phi) is 9.73. The predicted molar refractivity (Wildman–Crippen MR) is 108 cm³/mol. The van der Waals surface area contributed by atoms with Gasteiger partial charge in [-0.15, -0.1) is 0 Å². The zero-order valence-corrected chi connectivity index (χ0v) is 17.5. The average Bonchev–Trinajstić information content (AvgIpc) is 2.75. The van der Waals surface area contributed by atoms with E-state index in [0.717, 1.165) is 31.4 Å². The van der Waals surface area contributed by atoms with Crippen molar-refractivity contribution in [2.45, 2.75) is 51.9 Å². The smallest absolute Gasteiger partial charge is 0.257 e. The maximum absolute atomic E-state index is 12.3. The second-order valence-corrected chi connectivity index (χ2v) is 6.91. The molecule has 0 aromatic heterocycles. The maximum Gasteiger partial charge on any atom is 0.257 e. The van der Waals surface area contributed by atoms with Crippen molar-refractivity contribution < 1.29 is 28.5 Å². The van der Waals surface area contributed by atoms with Gasteiger partial charge < -0.3 is 29.6 Å². The van der Waals surface area contributed by atoms with Crippen LogP contribution >= 0.6 is 0 Å². The molecule has 0 saturated carbocycles. The fourth-order valence-corrected chi connectivity index (χ4v) is 2.93. The normalized spacial score (nSPS) is 17.3. The van der Waals surface area contributed by atoms with Crippen LogP contribution in [0, 0.1) is 0 Å². The van der Waals surface area contributed by atoms with E-state index in [1.165, 1.54) is 7.11 Å². The molecule has 8 nitrogen and oxygen atoms in total. The van der Waals surface area contributed by atoms with Gasteiger partial charge in [0, 0.05) is 19.7 Å². The Morgan fingerprint density at radius 3 is 2.76 bits per heavy atom. The summed E-state index contributed by atoms with van der Waals surface area (Å²) in [6.45, 7) is 5.57. The van der Waals surface area contributed by atoms with E-state index in [1.807, 2.05) is 13.0 Å². The fraction of sp³-hybridized carbons (Fsp3) is 0.619. The van der Waals surface area contributed by atoms with Gasteiger partial charge in [0.2, 0.25) is 5.91 Å². The molecule has 1 aromatic rings. The topological polar surface area (TPSA) is 95.1 Å². The predicted octanol–water partition coefficient (Wildman–Crippen LogP) is 1.80. The number of likely N-dealkylation sites (N-methyl/N-ethyl adjacent to an activating group) is 1. The van der Waals surface area contributed by atoms with E-state index in [9.17, 15) is 9.59 Å². The van der Waals surface area contributed by atoms with Crippen molar-refractivity contribution >= 4 is 11.8 Å². The van der Waals surface area contributed by atoms with E-state index in [-0.39, 0.29) is 24.5 Å². The summed E-state index contributed by atoms with van der Waals surface area (Å²) in [7, 11) is 1.53. The molecular formula is C21H32N2O6. The number of hydrogen-bond acceptors (Lipinski definition) is 6. The van der Waals surface area contributed by atoms with Gasteiger partial charge in [0.05, 0.1) is 19.8 Å². The number of carbonyl (C=O) groups is 2. The number of carbonyl (C=O) groups excluding carboxylic acids is 2. The third-order valence-electron chi connectivity index (χ3n) is 4.60. The van der Waals surface area contributed by atoms with Crippen LogP contribution in [0.2, 0.25) is 0 Å². The zero-order valence-electron chi connectivity index (χ0n) is 17.5. The van der Waals surface area contributed by atoms with Crippen molar-refractivity contribution in [3.63, 3.8) is 0 Å². The van der Waals surface area contributed by atoms with Crippen molar-refractivity contribution in [2.24, 2.45) is 0 Å². The average molecular weight is 408 g/mol. The van der Waals surface area contributed by atoms with Crippen LogP contribution in [0.1, 0.15) is 38.7 Å². The number of amides is 2. The molecule has 29 heavy (non-hydrogen) atoms. The highest BCUT2D eigenvalue weighted by Gasteiger charge is 2.19. The largest absolute Gasteiger partial charge is 0.493 e. The molecule has 2 atom stereocenters. The molecule has 1 saturated heterocycles. The number of methoxy groups -OCH3 is 1. The Morgan fingerprint density at radius 2 is 2.07 bits per heavy atom. The molecule has 8 heteroatoms. The number of ether oxygens (including phenoxy) is 4. The van der Waals surface area contributed by atoms with Crippen molar-refractivity contribution in [1.82, 2.24) is 10.6 Å². The molecule has 0 aliphatic carbocycles. The highest BCUT2D eigenvalue weighted by atomic mass is 16.5. The number of nitrogens with one attached hydrogen (secondary N) is 2. The molecule has 2 N–H and O–H groups in total. The van der Waals surface area contributed by atoms with Gasteiger partial charge in [-0.05, 0) is 50.8 Å². The first-order valence-corrected chi connectivity index (χ1v) is 10.1. The quantitative estimate of drug-likeness (QED) is 0.580. The molecule has 2 amide bonds. The summed E-state index contributed by atoms with van der Waals surface area (Å²) >= 11 is 0. The Labute approximate surface area is 172 Å². The van der Waals surface area contributed by atoms with Gasteiger partial charge in [0.25, 0.3) is 5.91 Å². The maximum atomic E-state index is 12.3. The first-order chi connectivity index (χ1) is 14.0. The van der Waals surface area contributed by atoms with Gasteiger partial charge in [-0.25, -0.2) is 0 Å². The lowest BCUT2D eigenvalue weighted by atomic mass is 10.1. The van der Waals surface area contributed by atoms with Crippen LogP contribution in [-0.4, -0.2) is 57.5 Å². The van der Waals surface area contributed by atoms with Gasteiger partial charge in [-0.2, -0.15) is 0 Å². The molecule has 2 rings (SSSR count). The van der Waals surface area contributed by atoms with Crippen molar-refractivity contribution in [3.05, 3.63) is 23.8 Å². The van der Waals surface area contributed by atoms with Crippen LogP contribution < -0.4 is 20.1 Å². The molecule has 1 heterocycles. The fourth-order valence-electron chi connectivity index (χ4n) is 2.93. The van der Waals surface area contributed by atoms with Gasteiger partial charge >= 0.3 is 0 Å². The number of rotatable bonds is 11. The molecule has 0 bridgehead atoms. The first-order valence-electron chi connectivity index (χ1n) is 10.1. The molecule has 1 fully saturated rings. The third kappa shape index (κ3) is 7.91. The van der Waals surface area contributed by atoms with E-state index in [2.05, 4.69) is 10.6 Å². The van der Waals surface area contributed by atoms with E-state index < -0.39 is 6.10 Å². The summed E-state index contributed by atoms with van der Waals surface area (Å²) in [5.41, 5.74) is 0.850. The minimum absolute atomic E-state index is 0.0789. The lowest BCUT2D eigenvalue weighted by molar-refractivity contribution is -0.135. The summed E-state index contributed by atoms with van der Waals surface area (Å²) in [6.07, 6.45) is 2.73. The summed E-state index contributed by atoms with van der Waals surface area (Å²) in [4.78, 5) is 23.8. The molecule has 1 aliphatic rings. The van der Waals surface area contributed by atoms with Crippen molar-refractivity contribution in [3.8, 4) is 11.5 Å². The highest BCUT2D eigenvalue weighted by molar-refractivity contribution is 5.80. The number of hydrogen-bond donors (Lipinski definition) is 2. The molecule has 1 aliphatic heterocycles. The van der Waals surface area contributed by atoms with E-state index in [4.69, 9.17) is 18.9 Å². The molecular weight excluding hydrogens is 376 g/mol. The minimum atomic E-state index is -0.554. The Bertz CT molecular complexity index is 661. The van der Waals surface area contributed by atoms with Gasteiger partial charge in [-0.1, -0.05) is 6.07 Å². The summed E-state index contributed by atoms with van der Waals surface area (Å²) < 4.78 is 22.1. The van der Waals surface area contributed by atoms with Crippen LogP contribution in [0.3, 0.4) is 0 Å². The molecule has 0 spiro atoms. The van der Waals surface area contributed by atoms with Gasteiger partial charge in [0.1, 0.15) is 6.10 Å². The van der Waals surface area contributed by atoms with E-state index in [1.54, 1.807) is 19.1 Å². The molecule has 2 unspecified atom stereocenters. The summed E-state index contributed by atoms with van der Waals surface area (Å²) in [5, 5.41) is 5.53. The van der Waals surface area contributed by atoms with Crippen LogP contribution in [0.15, 0.2) is 18.2 Å². The second-order valence-electron chi connectivity index (χ2n) is 6.91. The Hall–Kier alpha value is -2.32. The van der Waals surface area contributed by atoms with Crippen LogP contribution in [0.4, 0.5) is 0 Å². The first kappa shape index (κ1) is 23.0. The van der Waals surface area contributed by atoms with Crippen molar-refractivity contribution in [2.75, 3.05) is 33.5 Å².